The van der Waals surface area contributed by atoms with Gasteiger partial charge in [-0.15, -0.1) is 0 Å². The molecule has 0 aromatic heterocycles. The van der Waals surface area contributed by atoms with Crippen molar-refractivity contribution in [2.75, 3.05) is 0 Å². The molecule has 0 atom stereocenters. The van der Waals surface area contributed by atoms with E-state index >= 15 is 0 Å². The molecule has 1 fully saturated rings. The van der Waals surface area contributed by atoms with Crippen LogP contribution in [0.25, 0.3) is 0 Å². The maximum absolute atomic E-state index is 5.19. The first-order valence-electron chi connectivity index (χ1n) is 2.94. The molecule has 0 aromatic rings. The van der Waals surface area contributed by atoms with E-state index in [-0.39, 0.29) is 0 Å². The van der Waals surface area contributed by atoms with Gasteiger partial charge in [0.1, 0.15) is 0 Å². The van der Waals surface area contributed by atoms with Gasteiger partial charge < -0.3 is 0 Å². The van der Waals surface area contributed by atoms with Crippen LogP contribution >= 0.6 is 12.1 Å². The summed E-state index contributed by atoms with van der Waals surface area (Å²) in [5.41, 5.74) is 0. The minimum atomic E-state index is 0.694. The van der Waals surface area contributed by atoms with Crippen molar-refractivity contribution in [3.63, 3.8) is 0 Å². The molecule has 3 N–H and O–H groups in total. The van der Waals surface area contributed by atoms with Crippen molar-refractivity contribution in [2.24, 2.45) is 11.1 Å². The molecule has 0 aromatic carbocycles. The van der Waals surface area contributed by atoms with Crippen molar-refractivity contribution >= 4 is 12.1 Å². The molecule has 3 heteroatoms. The molecular formula is C5H12N2S. The normalized spacial score (nSPS) is 36.8. The van der Waals surface area contributed by atoms with E-state index in [2.05, 4.69) is 11.6 Å². The van der Waals surface area contributed by atoms with E-state index in [1.807, 2.05) is 0 Å². The third-order valence-corrected chi connectivity index (χ3v) is 2.08. The van der Waals surface area contributed by atoms with Crippen LogP contribution in [0.15, 0.2) is 0 Å². The summed E-state index contributed by atoms with van der Waals surface area (Å²) in [5, 5.41) is 5.19. The van der Waals surface area contributed by atoms with Crippen molar-refractivity contribution < 1.29 is 0 Å². The highest BCUT2D eigenvalue weighted by atomic mass is 32.2. The second-order valence-electron chi connectivity index (χ2n) is 2.51. The smallest absolute Gasteiger partial charge is 0.0188 e. The molecule has 0 unspecified atom stereocenters. The largest absolute Gasteiger partial charge is 0.264 e. The van der Waals surface area contributed by atoms with Gasteiger partial charge in [0.2, 0.25) is 0 Å². The predicted octanol–water partition coefficient (Wildman–Crippen LogP) is 0.896. The Kier molecular flexibility index (Phi) is 2.16. The van der Waals surface area contributed by atoms with Crippen molar-refractivity contribution in [1.29, 1.82) is 0 Å². The molecule has 0 aliphatic heterocycles. The van der Waals surface area contributed by atoms with Gasteiger partial charge in [-0.2, -0.15) is 0 Å². The maximum Gasteiger partial charge on any atom is 0.0188 e. The summed E-state index contributed by atoms with van der Waals surface area (Å²) in [6, 6.07) is 0.694. The van der Waals surface area contributed by atoms with Crippen molar-refractivity contribution in [3.8, 4) is 0 Å². The van der Waals surface area contributed by atoms with Gasteiger partial charge in [-0.1, -0.05) is 6.92 Å². The van der Waals surface area contributed by atoms with E-state index in [4.69, 9.17) is 5.14 Å². The predicted molar refractivity (Wildman–Crippen MR) is 37.1 cm³/mol. The Morgan fingerprint density at radius 3 is 2.62 bits per heavy atom. The van der Waals surface area contributed by atoms with E-state index < -0.39 is 0 Å². The number of rotatable bonds is 2. The summed E-state index contributed by atoms with van der Waals surface area (Å²) < 4.78 is 3.11. The number of hydrogen-bond donors (Lipinski definition) is 2. The van der Waals surface area contributed by atoms with E-state index in [1.165, 1.54) is 25.0 Å². The SMILES string of the molecule is CC1CC(NSN)C1. The van der Waals surface area contributed by atoms with Crippen LogP contribution in [0.3, 0.4) is 0 Å². The lowest BCUT2D eigenvalue weighted by molar-refractivity contribution is 0.275. The summed E-state index contributed by atoms with van der Waals surface area (Å²) >= 11 is 1.24. The van der Waals surface area contributed by atoms with Crippen LogP contribution in [0.1, 0.15) is 19.8 Å². The number of nitrogens with two attached hydrogens (primary N) is 1. The Bertz CT molecular complexity index is 68.1. The first-order valence-corrected chi connectivity index (χ1v) is 3.82. The molecule has 1 aliphatic carbocycles. The molecule has 0 amide bonds. The Labute approximate surface area is 54.5 Å². The average molecular weight is 132 g/mol. The zero-order valence-corrected chi connectivity index (χ0v) is 5.87. The van der Waals surface area contributed by atoms with Crippen molar-refractivity contribution in [3.05, 3.63) is 0 Å². The number of hydrogen-bond acceptors (Lipinski definition) is 3. The van der Waals surface area contributed by atoms with Gasteiger partial charge in [0.25, 0.3) is 0 Å². The van der Waals surface area contributed by atoms with Crippen LogP contribution in [0.2, 0.25) is 0 Å². The minimum Gasteiger partial charge on any atom is -0.264 e. The summed E-state index contributed by atoms with van der Waals surface area (Å²) in [6.07, 6.45) is 2.59. The van der Waals surface area contributed by atoms with Crippen LogP contribution in [-0.2, 0) is 0 Å². The van der Waals surface area contributed by atoms with E-state index in [9.17, 15) is 0 Å². The quantitative estimate of drug-likeness (QED) is 0.548. The molecule has 1 aliphatic rings. The van der Waals surface area contributed by atoms with Gasteiger partial charge >= 0.3 is 0 Å². The fourth-order valence-electron chi connectivity index (χ4n) is 1.09. The van der Waals surface area contributed by atoms with Crippen molar-refractivity contribution in [1.82, 2.24) is 4.72 Å². The van der Waals surface area contributed by atoms with Crippen LogP contribution in [-0.4, -0.2) is 6.04 Å². The molecular weight excluding hydrogens is 120 g/mol. The highest BCUT2D eigenvalue weighted by Gasteiger charge is 2.24. The lowest BCUT2D eigenvalue weighted by atomic mass is 9.83. The van der Waals surface area contributed by atoms with Crippen LogP contribution in [0, 0.1) is 5.92 Å². The average Bonchev–Trinajstić information content (AvgIpc) is 1.64. The Balaban J connectivity index is 1.98. The lowest BCUT2D eigenvalue weighted by Gasteiger charge is -2.32. The summed E-state index contributed by atoms with van der Waals surface area (Å²) in [5.74, 6) is 0.916. The van der Waals surface area contributed by atoms with Gasteiger partial charge in [0.15, 0.2) is 0 Å². The minimum absolute atomic E-state index is 0.694. The zero-order chi connectivity index (χ0) is 5.98. The van der Waals surface area contributed by atoms with Gasteiger partial charge in [0, 0.05) is 18.2 Å². The first-order chi connectivity index (χ1) is 3.83. The Morgan fingerprint density at radius 2 is 2.25 bits per heavy atom. The van der Waals surface area contributed by atoms with Crippen LogP contribution in [0.4, 0.5) is 0 Å². The second-order valence-corrected chi connectivity index (χ2v) is 2.98. The molecule has 0 radical (unpaired) electrons. The monoisotopic (exact) mass is 132 g/mol. The van der Waals surface area contributed by atoms with E-state index in [0.29, 0.717) is 6.04 Å². The molecule has 0 heterocycles. The lowest BCUT2D eigenvalue weighted by Crippen LogP contribution is -2.36. The van der Waals surface area contributed by atoms with Gasteiger partial charge in [-0.05, 0) is 18.8 Å². The highest BCUT2D eigenvalue weighted by Crippen LogP contribution is 2.26. The Hall–Kier alpha value is 0.270. The molecule has 2 nitrogen and oxygen atoms in total. The summed E-state index contributed by atoms with van der Waals surface area (Å²) in [4.78, 5) is 0. The molecule has 0 saturated heterocycles. The molecule has 8 heavy (non-hydrogen) atoms. The van der Waals surface area contributed by atoms with E-state index in [0.717, 1.165) is 5.92 Å². The summed E-state index contributed by atoms with van der Waals surface area (Å²) in [7, 11) is 0. The third-order valence-electron chi connectivity index (χ3n) is 1.61. The number of nitrogens with one attached hydrogen (secondary N) is 1. The standard InChI is InChI=1S/C5H12N2S/c1-4-2-5(3-4)7-8-6/h4-5,7H,2-3,6H2,1H3. The maximum atomic E-state index is 5.19. The zero-order valence-electron chi connectivity index (χ0n) is 5.05. The Morgan fingerprint density at radius 1 is 1.62 bits per heavy atom. The van der Waals surface area contributed by atoms with Crippen molar-refractivity contribution in [2.45, 2.75) is 25.8 Å². The molecule has 48 valence electrons. The first kappa shape index (κ1) is 6.39. The second kappa shape index (κ2) is 2.71. The van der Waals surface area contributed by atoms with Gasteiger partial charge in [0.05, 0.1) is 0 Å². The van der Waals surface area contributed by atoms with Gasteiger partial charge in [-0.25, -0.2) is 4.72 Å². The third kappa shape index (κ3) is 1.37. The topological polar surface area (TPSA) is 38.0 Å². The highest BCUT2D eigenvalue weighted by molar-refractivity contribution is 7.95. The van der Waals surface area contributed by atoms with Crippen LogP contribution in [0.5, 0.6) is 0 Å². The summed E-state index contributed by atoms with van der Waals surface area (Å²) in [6.45, 7) is 2.26. The molecule has 1 saturated carbocycles. The van der Waals surface area contributed by atoms with Gasteiger partial charge in [-0.3, -0.25) is 5.14 Å². The molecule has 0 bridgehead atoms. The van der Waals surface area contributed by atoms with E-state index in [1.54, 1.807) is 0 Å². The van der Waals surface area contributed by atoms with Crippen LogP contribution < -0.4 is 9.86 Å². The fraction of sp³-hybridized carbons (Fsp3) is 1.00. The fourth-order valence-corrected chi connectivity index (χ4v) is 1.48. The molecule has 0 spiro atoms. The molecule has 1 rings (SSSR count).